The van der Waals surface area contributed by atoms with Gasteiger partial charge in [0.25, 0.3) is 0 Å². The van der Waals surface area contributed by atoms with Gasteiger partial charge in [0, 0.05) is 20.7 Å². The minimum atomic E-state index is -3.78. The molecule has 1 aromatic carbocycles. The number of phenolic OH excluding ortho intramolecular Hbond substituents is 1. The molecule has 0 atom stereocenters. The van der Waals surface area contributed by atoms with Gasteiger partial charge in [-0.1, -0.05) is 15.9 Å². The highest BCUT2D eigenvalue weighted by Crippen LogP contribution is 2.43. The fourth-order valence-electron chi connectivity index (χ4n) is 1.29. The van der Waals surface area contributed by atoms with Gasteiger partial charge in [-0.3, -0.25) is 0 Å². The molecular weight excluding hydrogens is 336 g/mol. The number of ether oxygens (including phenoxy) is 2. The maximum atomic E-state index is 11.0. The molecule has 0 fully saturated rings. The van der Waals surface area contributed by atoms with Crippen molar-refractivity contribution >= 4 is 35.7 Å². The topological polar surface area (TPSA) is 72.8 Å². The van der Waals surface area contributed by atoms with Crippen LogP contribution in [0.3, 0.4) is 0 Å². The predicted octanol–water partition coefficient (Wildman–Crippen LogP) is 2.24. The molecule has 0 bridgehead atoms. The lowest BCUT2D eigenvalue weighted by atomic mass is 10.2. The molecule has 0 unspecified atom stereocenters. The van der Waals surface area contributed by atoms with Gasteiger partial charge < -0.3 is 14.6 Å². The molecule has 0 saturated carbocycles. The average Bonchev–Trinajstić information content (AvgIpc) is 2.22. The molecule has 0 saturated heterocycles. The first-order chi connectivity index (χ1) is 7.80. The highest BCUT2D eigenvalue weighted by Gasteiger charge is 2.21. The van der Waals surface area contributed by atoms with Gasteiger partial charge in [-0.15, -0.1) is 0 Å². The Kier molecular flexibility index (Phi) is 4.51. The molecule has 17 heavy (non-hydrogen) atoms. The number of benzene rings is 1. The van der Waals surface area contributed by atoms with Gasteiger partial charge in [0.15, 0.2) is 11.5 Å². The summed E-state index contributed by atoms with van der Waals surface area (Å²) in [6.45, 7) is 0. The molecule has 5 nitrogen and oxygen atoms in total. The van der Waals surface area contributed by atoms with Crippen LogP contribution in [0.2, 0.25) is 0 Å². The van der Waals surface area contributed by atoms with E-state index < -0.39 is 14.8 Å². The van der Waals surface area contributed by atoms with E-state index in [0.717, 1.165) is 0 Å². The normalized spacial score (nSPS) is 11.3. The van der Waals surface area contributed by atoms with Crippen LogP contribution in [0.5, 0.6) is 17.2 Å². The van der Waals surface area contributed by atoms with E-state index in [2.05, 4.69) is 15.9 Å². The second kappa shape index (κ2) is 5.32. The quantitative estimate of drug-likeness (QED) is 0.847. The van der Waals surface area contributed by atoms with E-state index in [1.807, 2.05) is 0 Å². The standard InChI is InChI=1S/C9H10BrClO5S/c1-15-7-3-6(10)5(4-17(11,13)14)8(12)9(7)16-2/h3,12H,4H2,1-2H3. The van der Waals surface area contributed by atoms with Gasteiger partial charge in [0.2, 0.25) is 14.8 Å². The summed E-state index contributed by atoms with van der Waals surface area (Å²) in [6.07, 6.45) is 0. The smallest absolute Gasteiger partial charge is 0.236 e. The second-order valence-corrected chi connectivity index (χ2v) is 6.74. The van der Waals surface area contributed by atoms with Crippen molar-refractivity contribution < 1.29 is 23.0 Å². The van der Waals surface area contributed by atoms with E-state index in [9.17, 15) is 13.5 Å². The van der Waals surface area contributed by atoms with Crippen LogP contribution in [0.4, 0.5) is 0 Å². The van der Waals surface area contributed by atoms with Crippen LogP contribution >= 0.6 is 26.6 Å². The first-order valence-corrected chi connectivity index (χ1v) is 7.62. The van der Waals surface area contributed by atoms with E-state index >= 15 is 0 Å². The second-order valence-electron chi connectivity index (χ2n) is 3.10. The Morgan fingerprint density at radius 2 is 2.00 bits per heavy atom. The lowest BCUT2D eigenvalue weighted by molar-refractivity contribution is 0.331. The minimum absolute atomic E-state index is 0.0611. The van der Waals surface area contributed by atoms with Crippen molar-refractivity contribution in [1.82, 2.24) is 0 Å². The fourth-order valence-corrected chi connectivity index (χ4v) is 2.98. The van der Waals surface area contributed by atoms with E-state index in [1.165, 1.54) is 20.3 Å². The average molecular weight is 346 g/mol. The third-order valence-electron chi connectivity index (χ3n) is 2.01. The summed E-state index contributed by atoms with van der Waals surface area (Å²) < 4.78 is 32.3. The van der Waals surface area contributed by atoms with Crippen LogP contribution in [0, 0.1) is 0 Å². The summed E-state index contributed by atoms with van der Waals surface area (Å²) >= 11 is 3.14. The molecule has 0 heterocycles. The molecule has 0 amide bonds. The molecule has 1 rings (SSSR count). The summed E-state index contributed by atoms with van der Waals surface area (Å²) in [5.41, 5.74) is 0.123. The van der Waals surface area contributed by atoms with Crippen molar-refractivity contribution in [2.45, 2.75) is 5.75 Å². The lowest BCUT2D eigenvalue weighted by Crippen LogP contribution is -2.00. The number of rotatable bonds is 4. The number of phenols is 1. The molecule has 1 N–H and O–H groups in total. The number of hydrogen-bond donors (Lipinski definition) is 1. The van der Waals surface area contributed by atoms with Crippen LogP contribution in [-0.2, 0) is 14.8 Å². The van der Waals surface area contributed by atoms with Crippen LogP contribution in [0.15, 0.2) is 10.5 Å². The molecule has 0 spiro atoms. The van der Waals surface area contributed by atoms with Crippen LogP contribution in [0.25, 0.3) is 0 Å². The zero-order valence-electron chi connectivity index (χ0n) is 9.03. The van der Waals surface area contributed by atoms with Crippen LogP contribution < -0.4 is 9.47 Å². The molecular formula is C9H10BrClO5S. The summed E-state index contributed by atoms with van der Waals surface area (Å²) in [5.74, 6) is -0.483. The third kappa shape index (κ3) is 3.40. The van der Waals surface area contributed by atoms with Crippen molar-refractivity contribution in [3.8, 4) is 17.2 Å². The Hall–Kier alpha value is -0.660. The Bertz CT molecular complexity index is 529. The fraction of sp³-hybridized carbons (Fsp3) is 0.333. The maximum absolute atomic E-state index is 11.0. The van der Waals surface area contributed by atoms with Gasteiger partial charge in [-0.2, -0.15) is 0 Å². The van der Waals surface area contributed by atoms with Crippen molar-refractivity contribution in [1.29, 1.82) is 0 Å². The summed E-state index contributed by atoms with van der Waals surface area (Å²) in [4.78, 5) is 0. The molecule has 1 aromatic rings. The summed E-state index contributed by atoms with van der Waals surface area (Å²) in [6, 6.07) is 1.50. The van der Waals surface area contributed by atoms with Gasteiger partial charge in [0.1, 0.15) is 0 Å². The van der Waals surface area contributed by atoms with Gasteiger partial charge in [-0.25, -0.2) is 8.42 Å². The highest BCUT2D eigenvalue weighted by molar-refractivity contribution is 9.10. The van der Waals surface area contributed by atoms with E-state index in [4.69, 9.17) is 20.2 Å². The SMILES string of the molecule is COc1cc(Br)c(CS(=O)(=O)Cl)c(O)c1OC. The molecule has 0 radical (unpaired) electrons. The Balaban J connectivity index is 3.42. The zero-order valence-corrected chi connectivity index (χ0v) is 12.2. The Morgan fingerprint density at radius 3 is 2.41 bits per heavy atom. The Morgan fingerprint density at radius 1 is 1.41 bits per heavy atom. The molecule has 0 aromatic heterocycles. The zero-order chi connectivity index (χ0) is 13.2. The molecule has 0 aliphatic heterocycles. The molecule has 96 valence electrons. The van der Waals surface area contributed by atoms with Crippen molar-refractivity contribution in [2.24, 2.45) is 0 Å². The minimum Gasteiger partial charge on any atom is -0.504 e. The Labute approximate surface area is 112 Å². The number of methoxy groups -OCH3 is 2. The van der Waals surface area contributed by atoms with Crippen LogP contribution in [0.1, 0.15) is 5.56 Å². The number of halogens is 2. The summed E-state index contributed by atoms with van der Waals surface area (Å²) in [7, 11) is 4.11. The van der Waals surface area contributed by atoms with E-state index in [1.54, 1.807) is 0 Å². The number of aromatic hydroxyl groups is 1. The highest BCUT2D eigenvalue weighted by atomic mass is 79.9. The van der Waals surface area contributed by atoms with Gasteiger partial charge >= 0.3 is 0 Å². The first kappa shape index (κ1) is 14.4. The summed E-state index contributed by atoms with van der Waals surface area (Å²) in [5, 5.41) is 9.89. The van der Waals surface area contributed by atoms with Crippen molar-refractivity contribution in [3.63, 3.8) is 0 Å². The van der Waals surface area contributed by atoms with Gasteiger partial charge in [0.05, 0.1) is 20.0 Å². The van der Waals surface area contributed by atoms with Crippen molar-refractivity contribution in [2.75, 3.05) is 14.2 Å². The van der Waals surface area contributed by atoms with E-state index in [0.29, 0.717) is 4.47 Å². The third-order valence-corrected chi connectivity index (χ3v) is 3.68. The molecule has 0 aliphatic rings. The first-order valence-electron chi connectivity index (χ1n) is 4.34. The lowest BCUT2D eigenvalue weighted by Gasteiger charge is -2.13. The van der Waals surface area contributed by atoms with Crippen LogP contribution in [-0.4, -0.2) is 27.7 Å². The monoisotopic (exact) mass is 344 g/mol. The predicted molar refractivity (Wildman–Crippen MR) is 67.4 cm³/mol. The molecule has 8 heteroatoms. The van der Waals surface area contributed by atoms with Crippen molar-refractivity contribution in [3.05, 3.63) is 16.1 Å². The van der Waals surface area contributed by atoms with Gasteiger partial charge in [-0.05, 0) is 6.07 Å². The largest absolute Gasteiger partial charge is 0.504 e. The van der Waals surface area contributed by atoms with E-state index in [-0.39, 0.29) is 22.8 Å². The maximum Gasteiger partial charge on any atom is 0.236 e. The molecule has 0 aliphatic carbocycles. The number of hydrogen-bond acceptors (Lipinski definition) is 5.